The van der Waals surface area contributed by atoms with E-state index >= 15 is 0 Å². The molecule has 1 aromatic rings. The number of carbonyl (C=O) groups excluding carboxylic acids is 2. The first kappa shape index (κ1) is 12.0. The summed E-state index contributed by atoms with van der Waals surface area (Å²) in [5.41, 5.74) is 1.03. The van der Waals surface area contributed by atoms with Crippen molar-refractivity contribution in [1.82, 2.24) is 10.6 Å². The molecule has 0 aliphatic heterocycles. The molecule has 5 heteroatoms. The van der Waals surface area contributed by atoms with Crippen LogP contribution in [0.2, 0.25) is 0 Å². The zero-order valence-electron chi connectivity index (χ0n) is 8.43. The molecule has 0 fully saturated rings. The largest absolute Gasteiger partial charge is 0.355 e. The number of nitrogens with one attached hydrogen (secondary N) is 2. The van der Waals surface area contributed by atoms with Crippen LogP contribution in [0.1, 0.15) is 20.7 Å². The molecule has 0 aromatic heterocycles. The molecule has 0 unspecified atom stereocenters. The molecule has 0 aliphatic rings. The highest BCUT2D eigenvalue weighted by molar-refractivity contribution is 14.1. The number of hydrogen-bond acceptors (Lipinski definition) is 2. The highest BCUT2D eigenvalue weighted by Crippen LogP contribution is 2.17. The molecule has 2 N–H and O–H groups in total. The topological polar surface area (TPSA) is 58.2 Å². The van der Waals surface area contributed by atoms with E-state index in [1.54, 1.807) is 32.3 Å². The first-order valence-electron chi connectivity index (χ1n) is 4.34. The van der Waals surface area contributed by atoms with Gasteiger partial charge in [-0.3, -0.25) is 9.59 Å². The van der Waals surface area contributed by atoms with Gasteiger partial charge in [0, 0.05) is 17.7 Å². The standard InChI is InChI=1S/C10H11IN2O2/c1-12-9(14)6-4-3-5-7(8(6)11)10(15)13-2/h3-5H,1-2H3,(H,12,14)(H,13,15). The summed E-state index contributed by atoms with van der Waals surface area (Å²) in [5.74, 6) is -0.379. The van der Waals surface area contributed by atoms with E-state index in [2.05, 4.69) is 10.6 Å². The summed E-state index contributed by atoms with van der Waals surface area (Å²) in [4.78, 5) is 22.9. The number of hydrogen-bond donors (Lipinski definition) is 2. The molecule has 0 radical (unpaired) electrons. The number of rotatable bonds is 2. The fourth-order valence-corrected chi connectivity index (χ4v) is 2.00. The van der Waals surface area contributed by atoms with E-state index in [4.69, 9.17) is 0 Å². The van der Waals surface area contributed by atoms with Crippen LogP contribution in [-0.4, -0.2) is 25.9 Å². The van der Waals surface area contributed by atoms with Crippen molar-refractivity contribution >= 4 is 34.4 Å². The summed E-state index contributed by atoms with van der Waals surface area (Å²) in [7, 11) is 3.12. The molecule has 0 saturated carbocycles. The van der Waals surface area contributed by atoms with Crippen molar-refractivity contribution in [3.8, 4) is 0 Å². The van der Waals surface area contributed by atoms with Gasteiger partial charge in [0.2, 0.25) is 0 Å². The van der Waals surface area contributed by atoms with Gasteiger partial charge in [0.25, 0.3) is 11.8 Å². The van der Waals surface area contributed by atoms with Crippen molar-refractivity contribution in [2.75, 3.05) is 14.1 Å². The Morgan fingerprint density at radius 3 is 1.80 bits per heavy atom. The van der Waals surface area contributed by atoms with Crippen molar-refractivity contribution in [2.45, 2.75) is 0 Å². The van der Waals surface area contributed by atoms with Crippen LogP contribution in [0.15, 0.2) is 18.2 Å². The van der Waals surface area contributed by atoms with Gasteiger partial charge in [-0.05, 0) is 34.7 Å². The van der Waals surface area contributed by atoms with Gasteiger partial charge in [-0.1, -0.05) is 6.07 Å². The van der Waals surface area contributed by atoms with Gasteiger partial charge in [-0.15, -0.1) is 0 Å². The lowest BCUT2D eigenvalue weighted by atomic mass is 10.1. The minimum absolute atomic E-state index is 0.190. The lowest BCUT2D eigenvalue weighted by Crippen LogP contribution is -2.23. The normalized spacial score (nSPS) is 9.53. The Kier molecular flexibility index (Phi) is 4.07. The van der Waals surface area contributed by atoms with E-state index in [0.717, 1.165) is 0 Å². The Labute approximate surface area is 102 Å². The van der Waals surface area contributed by atoms with Gasteiger partial charge >= 0.3 is 0 Å². The molecule has 2 amide bonds. The second-order valence-electron chi connectivity index (χ2n) is 2.83. The number of amides is 2. The quantitative estimate of drug-likeness (QED) is 0.800. The van der Waals surface area contributed by atoms with Gasteiger partial charge < -0.3 is 10.6 Å². The molecular formula is C10H11IN2O2. The van der Waals surface area contributed by atoms with Gasteiger partial charge in [0.15, 0.2) is 0 Å². The molecule has 0 saturated heterocycles. The Bertz CT molecular complexity index is 370. The number of halogens is 1. The summed E-state index contributed by atoms with van der Waals surface area (Å²) in [6, 6.07) is 5.07. The van der Waals surface area contributed by atoms with Crippen molar-refractivity contribution in [1.29, 1.82) is 0 Å². The fourth-order valence-electron chi connectivity index (χ4n) is 1.15. The van der Waals surface area contributed by atoms with Crippen molar-refractivity contribution in [3.05, 3.63) is 32.9 Å². The van der Waals surface area contributed by atoms with Gasteiger partial charge in [0.1, 0.15) is 0 Å². The van der Waals surface area contributed by atoms with Crippen LogP contribution < -0.4 is 10.6 Å². The molecule has 15 heavy (non-hydrogen) atoms. The molecule has 0 spiro atoms. The molecule has 80 valence electrons. The maximum Gasteiger partial charge on any atom is 0.252 e. The summed E-state index contributed by atoms with van der Waals surface area (Å²) >= 11 is 2.00. The lowest BCUT2D eigenvalue weighted by Gasteiger charge is -2.07. The van der Waals surface area contributed by atoms with E-state index in [1.165, 1.54) is 0 Å². The first-order chi connectivity index (χ1) is 7.11. The van der Waals surface area contributed by atoms with E-state index in [1.807, 2.05) is 22.6 Å². The van der Waals surface area contributed by atoms with Crippen molar-refractivity contribution < 1.29 is 9.59 Å². The molecule has 0 bridgehead atoms. The van der Waals surface area contributed by atoms with Gasteiger partial charge in [-0.25, -0.2) is 0 Å². The van der Waals surface area contributed by atoms with Crippen molar-refractivity contribution in [2.24, 2.45) is 0 Å². The van der Waals surface area contributed by atoms with Crippen LogP contribution in [0.5, 0.6) is 0 Å². The molecule has 0 heterocycles. The summed E-state index contributed by atoms with van der Waals surface area (Å²) < 4.78 is 0.661. The van der Waals surface area contributed by atoms with Crippen LogP contribution in [-0.2, 0) is 0 Å². The summed E-state index contributed by atoms with van der Waals surface area (Å²) in [5, 5.41) is 5.06. The zero-order chi connectivity index (χ0) is 11.4. The second-order valence-corrected chi connectivity index (χ2v) is 3.90. The third kappa shape index (κ3) is 2.47. The summed E-state index contributed by atoms with van der Waals surface area (Å²) in [6.45, 7) is 0. The zero-order valence-corrected chi connectivity index (χ0v) is 10.6. The minimum Gasteiger partial charge on any atom is -0.355 e. The van der Waals surface area contributed by atoms with Crippen LogP contribution >= 0.6 is 22.6 Å². The smallest absolute Gasteiger partial charge is 0.252 e. The predicted octanol–water partition coefficient (Wildman–Crippen LogP) is 1.01. The fraction of sp³-hybridized carbons (Fsp3) is 0.200. The predicted molar refractivity (Wildman–Crippen MR) is 65.9 cm³/mol. The molecular weight excluding hydrogens is 307 g/mol. The summed E-state index contributed by atoms with van der Waals surface area (Å²) in [6.07, 6.45) is 0. The third-order valence-corrected chi connectivity index (χ3v) is 3.10. The van der Waals surface area contributed by atoms with Crippen LogP contribution in [0.25, 0.3) is 0 Å². The molecule has 4 nitrogen and oxygen atoms in total. The third-order valence-electron chi connectivity index (χ3n) is 1.94. The highest BCUT2D eigenvalue weighted by Gasteiger charge is 2.14. The molecule has 0 atom stereocenters. The van der Waals surface area contributed by atoms with Crippen LogP contribution in [0, 0.1) is 3.57 Å². The lowest BCUT2D eigenvalue weighted by molar-refractivity contribution is 0.0962. The Morgan fingerprint density at radius 2 is 1.47 bits per heavy atom. The van der Waals surface area contributed by atoms with Crippen LogP contribution in [0.3, 0.4) is 0 Å². The average Bonchev–Trinajstić information content (AvgIpc) is 2.27. The van der Waals surface area contributed by atoms with Crippen LogP contribution in [0.4, 0.5) is 0 Å². The van der Waals surface area contributed by atoms with E-state index in [-0.39, 0.29) is 11.8 Å². The van der Waals surface area contributed by atoms with E-state index < -0.39 is 0 Å². The highest BCUT2D eigenvalue weighted by atomic mass is 127. The Morgan fingerprint density at radius 1 is 1.07 bits per heavy atom. The second kappa shape index (κ2) is 5.11. The minimum atomic E-state index is -0.190. The van der Waals surface area contributed by atoms with E-state index in [9.17, 15) is 9.59 Å². The van der Waals surface area contributed by atoms with E-state index in [0.29, 0.717) is 14.7 Å². The molecule has 1 aromatic carbocycles. The Balaban J connectivity index is 3.23. The maximum atomic E-state index is 11.4. The maximum absolute atomic E-state index is 11.4. The number of benzene rings is 1. The molecule has 1 rings (SSSR count). The average molecular weight is 318 g/mol. The first-order valence-corrected chi connectivity index (χ1v) is 5.42. The molecule has 0 aliphatic carbocycles. The van der Waals surface area contributed by atoms with Gasteiger partial charge in [-0.2, -0.15) is 0 Å². The Hall–Kier alpha value is -1.11. The monoisotopic (exact) mass is 318 g/mol. The SMILES string of the molecule is CNC(=O)c1cccc(C(=O)NC)c1I. The van der Waals surface area contributed by atoms with Gasteiger partial charge in [0.05, 0.1) is 11.1 Å². The van der Waals surface area contributed by atoms with Crippen molar-refractivity contribution in [3.63, 3.8) is 0 Å². The number of carbonyl (C=O) groups is 2.